The van der Waals surface area contributed by atoms with E-state index in [1.54, 1.807) is 36.7 Å². The number of ether oxygens (including phenoxy) is 1. The van der Waals surface area contributed by atoms with Crippen molar-refractivity contribution in [3.63, 3.8) is 0 Å². The van der Waals surface area contributed by atoms with Crippen LogP contribution in [0.1, 0.15) is 32.0 Å². The van der Waals surface area contributed by atoms with Gasteiger partial charge in [-0.25, -0.2) is 10.2 Å². The summed E-state index contributed by atoms with van der Waals surface area (Å²) in [5.74, 6) is -0.740. The minimum Gasteiger partial charge on any atom is -0.465 e. The Balaban J connectivity index is 1.58. The number of fused-ring (bicyclic) bond motifs is 1. The van der Waals surface area contributed by atoms with E-state index in [1.165, 1.54) is 7.11 Å². The number of amides is 1. The molecule has 0 saturated heterocycles. The van der Waals surface area contributed by atoms with E-state index >= 15 is 0 Å². The molecule has 7 heteroatoms. The van der Waals surface area contributed by atoms with Crippen molar-refractivity contribution in [2.75, 3.05) is 7.11 Å². The van der Waals surface area contributed by atoms with E-state index in [-0.39, 0.29) is 11.9 Å². The molecule has 0 atom stereocenters. The van der Waals surface area contributed by atoms with E-state index in [4.69, 9.17) is 4.74 Å². The Hall–Kier alpha value is -4.26. The van der Waals surface area contributed by atoms with Crippen molar-refractivity contribution in [1.82, 2.24) is 15.0 Å². The van der Waals surface area contributed by atoms with Crippen LogP contribution in [-0.2, 0) is 11.3 Å². The van der Waals surface area contributed by atoms with Gasteiger partial charge in [-0.05, 0) is 35.9 Å². The highest BCUT2D eigenvalue weighted by Gasteiger charge is 2.10. The number of esters is 1. The second-order valence-electron chi connectivity index (χ2n) is 6.84. The fraction of sp³-hybridized carbons (Fsp3) is 0.0833. The van der Waals surface area contributed by atoms with Crippen molar-refractivity contribution < 1.29 is 14.3 Å². The van der Waals surface area contributed by atoms with Gasteiger partial charge < -0.3 is 9.30 Å². The third kappa shape index (κ3) is 4.51. The van der Waals surface area contributed by atoms with Crippen molar-refractivity contribution in [3.8, 4) is 0 Å². The molecule has 4 rings (SSSR count). The predicted molar refractivity (Wildman–Crippen MR) is 118 cm³/mol. The van der Waals surface area contributed by atoms with Gasteiger partial charge in [0.2, 0.25) is 0 Å². The van der Waals surface area contributed by atoms with Gasteiger partial charge in [0.25, 0.3) is 5.91 Å². The maximum atomic E-state index is 12.1. The quantitative estimate of drug-likeness (QED) is 0.298. The molecule has 1 N–H and O–H groups in total. The number of nitrogens with one attached hydrogen (secondary N) is 1. The molecule has 7 nitrogen and oxygen atoms in total. The zero-order chi connectivity index (χ0) is 21.6. The van der Waals surface area contributed by atoms with Gasteiger partial charge in [0.15, 0.2) is 0 Å². The lowest BCUT2D eigenvalue weighted by Gasteiger charge is -2.07. The number of benzene rings is 2. The van der Waals surface area contributed by atoms with Crippen LogP contribution in [0.15, 0.2) is 84.2 Å². The number of nitrogens with zero attached hydrogens (tertiary/aromatic N) is 3. The Bertz CT molecular complexity index is 1260. The maximum absolute atomic E-state index is 12.1. The van der Waals surface area contributed by atoms with Crippen LogP contribution in [0.2, 0.25) is 0 Å². The van der Waals surface area contributed by atoms with Crippen molar-refractivity contribution in [2.24, 2.45) is 5.10 Å². The minimum absolute atomic E-state index is 0.299. The first-order valence-electron chi connectivity index (χ1n) is 9.65. The summed E-state index contributed by atoms with van der Waals surface area (Å²) in [5.41, 5.74) is 6.16. The number of carbonyl (C=O) groups is 2. The molecule has 0 unspecified atom stereocenters. The summed E-state index contributed by atoms with van der Waals surface area (Å²) in [6.07, 6.45) is 5.14. The van der Waals surface area contributed by atoms with Gasteiger partial charge >= 0.3 is 5.97 Å². The number of rotatable bonds is 6. The highest BCUT2D eigenvalue weighted by Crippen LogP contribution is 2.21. The molecule has 0 aliphatic heterocycles. The highest BCUT2D eigenvalue weighted by atomic mass is 16.5. The summed E-state index contributed by atoms with van der Waals surface area (Å²) >= 11 is 0. The lowest BCUT2D eigenvalue weighted by atomic mass is 10.1. The first-order valence-corrected chi connectivity index (χ1v) is 9.65. The number of hydrogen-bond donors (Lipinski definition) is 1. The second kappa shape index (κ2) is 9.04. The lowest BCUT2D eigenvalue weighted by Crippen LogP contribution is -2.18. The standard InChI is InChI=1S/C24H20N4O3/c1-31-24(30)18-8-6-7-17(13-18)15-28-16-19(20-9-2-3-11-22(20)28)14-26-27-23(29)21-10-4-5-12-25-21/h2-14,16H,15H2,1H3,(H,27,29)/b26-14-. The monoisotopic (exact) mass is 412 g/mol. The maximum Gasteiger partial charge on any atom is 0.337 e. The van der Waals surface area contributed by atoms with Gasteiger partial charge in [-0.1, -0.05) is 36.4 Å². The molecule has 0 spiro atoms. The molecule has 2 aromatic heterocycles. The molecular formula is C24H20N4O3. The Labute approximate surface area is 179 Å². The fourth-order valence-electron chi connectivity index (χ4n) is 3.33. The van der Waals surface area contributed by atoms with E-state index in [2.05, 4.69) is 20.1 Å². The Kier molecular flexibility index (Phi) is 5.84. The zero-order valence-electron chi connectivity index (χ0n) is 16.9. The molecule has 2 heterocycles. The fourth-order valence-corrected chi connectivity index (χ4v) is 3.33. The van der Waals surface area contributed by atoms with E-state index in [1.807, 2.05) is 48.7 Å². The minimum atomic E-state index is -0.375. The molecule has 154 valence electrons. The SMILES string of the molecule is COC(=O)c1cccc(Cn2cc(/C=N\NC(=O)c3ccccn3)c3ccccc32)c1. The van der Waals surface area contributed by atoms with Crippen LogP contribution in [0.5, 0.6) is 0 Å². The topological polar surface area (TPSA) is 85.6 Å². The Morgan fingerprint density at radius 3 is 2.74 bits per heavy atom. The summed E-state index contributed by atoms with van der Waals surface area (Å²) in [6.45, 7) is 0.569. The molecule has 0 aliphatic rings. The van der Waals surface area contributed by atoms with Gasteiger partial charge in [-0.2, -0.15) is 5.10 Å². The van der Waals surface area contributed by atoms with Crippen molar-refractivity contribution in [2.45, 2.75) is 6.54 Å². The number of methoxy groups -OCH3 is 1. The molecule has 0 aliphatic carbocycles. The third-order valence-electron chi connectivity index (χ3n) is 4.79. The van der Waals surface area contributed by atoms with Gasteiger partial charge in [0, 0.05) is 35.4 Å². The molecular weight excluding hydrogens is 392 g/mol. The van der Waals surface area contributed by atoms with Gasteiger partial charge in [0.05, 0.1) is 18.9 Å². The van der Waals surface area contributed by atoms with E-state index < -0.39 is 0 Å². The molecule has 4 aromatic rings. The van der Waals surface area contributed by atoms with Crippen LogP contribution in [0, 0.1) is 0 Å². The van der Waals surface area contributed by atoms with Gasteiger partial charge in [0.1, 0.15) is 5.69 Å². The normalized spacial score (nSPS) is 11.0. The van der Waals surface area contributed by atoms with Crippen LogP contribution in [0.25, 0.3) is 10.9 Å². The van der Waals surface area contributed by atoms with Crippen LogP contribution >= 0.6 is 0 Å². The second-order valence-corrected chi connectivity index (χ2v) is 6.84. The Morgan fingerprint density at radius 2 is 1.94 bits per heavy atom. The summed E-state index contributed by atoms with van der Waals surface area (Å²) in [4.78, 5) is 28.0. The van der Waals surface area contributed by atoms with Gasteiger partial charge in [-0.15, -0.1) is 0 Å². The summed E-state index contributed by atoms with van der Waals surface area (Å²) in [6, 6.07) is 20.4. The molecule has 2 aromatic carbocycles. The summed E-state index contributed by atoms with van der Waals surface area (Å²) < 4.78 is 6.89. The molecule has 0 radical (unpaired) electrons. The first-order chi connectivity index (χ1) is 15.2. The molecule has 0 saturated carbocycles. The zero-order valence-corrected chi connectivity index (χ0v) is 16.9. The predicted octanol–water partition coefficient (Wildman–Crippen LogP) is 3.64. The highest BCUT2D eigenvalue weighted by molar-refractivity contribution is 6.00. The van der Waals surface area contributed by atoms with Crippen molar-refractivity contribution >= 4 is 29.0 Å². The molecule has 0 fully saturated rings. The average Bonchev–Trinajstić information content (AvgIpc) is 3.16. The number of pyridine rings is 1. The van der Waals surface area contributed by atoms with E-state index in [0.29, 0.717) is 17.8 Å². The first kappa shape index (κ1) is 20.0. The van der Waals surface area contributed by atoms with Gasteiger partial charge in [-0.3, -0.25) is 9.78 Å². The smallest absolute Gasteiger partial charge is 0.337 e. The van der Waals surface area contributed by atoms with Crippen molar-refractivity contribution in [1.29, 1.82) is 0 Å². The van der Waals surface area contributed by atoms with E-state index in [0.717, 1.165) is 22.0 Å². The number of hydrogen-bond acceptors (Lipinski definition) is 5. The van der Waals surface area contributed by atoms with Crippen LogP contribution in [0.4, 0.5) is 0 Å². The van der Waals surface area contributed by atoms with E-state index in [9.17, 15) is 9.59 Å². The number of hydrazone groups is 1. The van der Waals surface area contributed by atoms with Crippen LogP contribution in [0.3, 0.4) is 0 Å². The molecule has 0 bridgehead atoms. The summed E-state index contributed by atoms with van der Waals surface area (Å²) in [7, 11) is 1.37. The lowest BCUT2D eigenvalue weighted by molar-refractivity contribution is 0.0600. The molecule has 1 amide bonds. The third-order valence-corrected chi connectivity index (χ3v) is 4.79. The molecule has 31 heavy (non-hydrogen) atoms. The van der Waals surface area contributed by atoms with Crippen LogP contribution in [-0.4, -0.2) is 34.8 Å². The number of carbonyl (C=O) groups excluding carboxylic acids is 2. The van der Waals surface area contributed by atoms with Crippen molar-refractivity contribution in [3.05, 3.63) is 102 Å². The number of para-hydroxylation sites is 1. The largest absolute Gasteiger partial charge is 0.465 e. The summed E-state index contributed by atoms with van der Waals surface area (Å²) in [5, 5.41) is 5.10. The Morgan fingerprint density at radius 1 is 1.10 bits per heavy atom. The van der Waals surface area contributed by atoms with Crippen LogP contribution < -0.4 is 5.43 Å². The number of aromatic nitrogens is 2. The average molecular weight is 412 g/mol.